The Morgan fingerprint density at radius 2 is 1.73 bits per heavy atom. The Bertz CT molecular complexity index is 394. The molecule has 4 heteroatoms. The molecule has 1 aromatic carbocycles. The number of rotatable bonds is 1. The van der Waals surface area contributed by atoms with Crippen LogP contribution in [-0.4, -0.2) is 11.2 Å². The number of carboxylic acid groups (broad SMARTS) is 1. The van der Waals surface area contributed by atoms with Gasteiger partial charge in [0.1, 0.15) is 0 Å². The third-order valence-corrected chi connectivity index (χ3v) is 2.50. The van der Waals surface area contributed by atoms with E-state index in [1.54, 1.807) is 11.3 Å². The van der Waals surface area contributed by atoms with Gasteiger partial charge < -0.3 is 10.8 Å². The van der Waals surface area contributed by atoms with Crippen molar-refractivity contribution in [3.63, 3.8) is 0 Å². The van der Waals surface area contributed by atoms with Crippen LogP contribution in [0.15, 0.2) is 47.8 Å². The van der Waals surface area contributed by atoms with Crippen LogP contribution in [0.1, 0.15) is 0 Å². The van der Waals surface area contributed by atoms with Crippen molar-refractivity contribution in [2.75, 3.05) is 0 Å². The second-order valence-electron chi connectivity index (χ2n) is 2.68. The highest BCUT2D eigenvalue weighted by molar-refractivity contribution is 7.13. The normalized spacial score (nSPS) is 8.80. The second-order valence-corrected chi connectivity index (χ2v) is 3.63. The van der Waals surface area contributed by atoms with Crippen LogP contribution in [0.2, 0.25) is 0 Å². The molecule has 2 aromatic rings. The summed E-state index contributed by atoms with van der Waals surface area (Å²) in [7, 11) is 0. The SMILES string of the molecule is NC(=O)O.c1ccc(-c2cccs2)cc1. The Balaban J connectivity index is 0.000000245. The van der Waals surface area contributed by atoms with Gasteiger partial charge in [-0.05, 0) is 17.0 Å². The molecule has 0 radical (unpaired) electrons. The van der Waals surface area contributed by atoms with Crippen LogP contribution in [0.25, 0.3) is 10.4 Å². The van der Waals surface area contributed by atoms with Crippen molar-refractivity contribution in [3.8, 4) is 10.4 Å². The molecule has 78 valence electrons. The van der Waals surface area contributed by atoms with Crippen molar-refractivity contribution < 1.29 is 9.90 Å². The Hall–Kier alpha value is -1.81. The van der Waals surface area contributed by atoms with Gasteiger partial charge in [0.15, 0.2) is 0 Å². The molecule has 0 atom stereocenters. The first-order valence-corrected chi connectivity index (χ1v) is 5.15. The molecule has 0 aliphatic carbocycles. The van der Waals surface area contributed by atoms with E-state index in [9.17, 15) is 0 Å². The Labute approximate surface area is 91.8 Å². The van der Waals surface area contributed by atoms with Crippen molar-refractivity contribution in [3.05, 3.63) is 47.8 Å². The smallest absolute Gasteiger partial charge is 0.402 e. The van der Waals surface area contributed by atoms with Crippen molar-refractivity contribution in [2.45, 2.75) is 0 Å². The molecule has 0 unspecified atom stereocenters. The van der Waals surface area contributed by atoms with E-state index >= 15 is 0 Å². The number of hydrogen-bond donors (Lipinski definition) is 2. The topological polar surface area (TPSA) is 63.3 Å². The lowest BCUT2D eigenvalue weighted by Crippen LogP contribution is -2.03. The zero-order valence-electron chi connectivity index (χ0n) is 7.96. The standard InChI is InChI=1S/C10H8S.CH3NO2/c1-2-5-9(6-3-1)10-7-4-8-11-10;2-1(3)4/h1-8H;2H2,(H,3,4). The Morgan fingerprint density at radius 3 is 2.20 bits per heavy atom. The van der Waals surface area contributed by atoms with Crippen LogP contribution in [0, 0.1) is 0 Å². The van der Waals surface area contributed by atoms with Gasteiger partial charge >= 0.3 is 6.09 Å². The fraction of sp³-hybridized carbons (Fsp3) is 0. The van der Waals surface area contributed by atoms with E-state index in [0.29, 0.717) is 0 Å². The largest absolute Gasteiger partial charge is 0.465 e. The summed E-state index contributed by atoms with van der Waals surface area (Å²) < 4.78 is 0. The molecule has 1 amide bonds. The molecular formula is C11H11NO2S. The molecule has 2 rings (SSSR count). The molecule has 15 heavy (non-hydrogen) atoms. The molecule has 1 aromatic heterocycles. The summed E-state index contributed by atoms with van der Waals surface area (Å²) in [6.45, 7) is 0. The average molecular weight is 221 g/mol. The molecule has 0 saturated heterocycles. The van der Waals surface area contributed by atoms with Gasteiger partial charge in [-0.25, -0.2) is 4.79 Å². The number of hydrogen-bond acceptors (Lipinski definition) is 2. The maximum absolute atomic E-state index is 8.78. The first-order chi connectivity index (χ1) is 7.20. The number of primary amides is 1. The molecule has 0 fully saturated rings. The highest BCUT2D eigenvalue weighted by Crippen LogP contribution is 2.23. The second kappa shape index (κ2) is 5.82. The lowest BCUT2D eigenvalue weighted by atomic mass is 10.2. The molecule has 0 spiro atoms. The van der Waals surface area contributed by atoms with Crippen LogP contribution in [0.3, 0.4) is 0 Å². The summed E-state index contributed by atoms with van der Waals surface area (Å²) in [6.07, 6.45) is -1.33. The average Bonchev–Trinajstić information content (AvgIpc) is 2.71. The lowest BCUT2D eigenvalue weighted by molar-refractivity contribution is 0.205. The summed E-state index contributed by atoms with van der Waals surface area (Å²) in [5, 5.41) is 9.29. The summed E-state index contributed by atoms with van der Waals surface area (Å²) in [5.41, 5.74) is 5.34. The van der Waals surface area contributed by atoms with Crippen molar-refractivity contribution in [2.24, 2.45) is 5.73 Å². The van der Waals surface area contributed by atoms with Crippen molar-refractivity contribution >= 4 is 17.4 Å². The van der Waals surface area contributed by atoms with E-state index in [1.807, 2.05) is 6.07 Å². The zero-order chi connectivity index (χ0) is 11.1. The number of thiophene rings is 1. The van der Waals surface area contributed by atoms with Crippen LogP contribution in [0.5, 0.6) is 0 Å². The predicted molar refractivity (Wildman–Crippen MR) is 62.0 cm³/mol. The predicted octanol–water partition coefficient (Wildman–Crippen LogP) is 3.04. The molecule has 0 saturated carbocycles. The third kappa shape index (κ3) is 4.28. The van der Waals surface area contributed by atoms with E-state index < -0.39 is 6.09 Å². The van der Waals surface area contributed by atoms with Crippen LogP contribution in [-0.2, 0) is 0 Å². The van der Waals surface area contributed by atoms with E-state index in [-0.39, 0.29) is 0 Å². The van der Waals surface area contributed by atoms with Gasteiger partial charge in [-0.15, -0.1) is 11.3 Å². The van der Waals surface area contributed by atoms with Gasteiger partial charge in [0, 0.05) is 4.88 Å². The monoisotopic (exact) mass is 221 g/mol. The van der Waals surface area contributed by atoms with Crippen LogP contribution in [0.4, 0.5) is 4.79 Å². The van der Waals surface area contributed by atoms with Crippen molar-refractivity contribution in [1.29, 1.82) is 0 Å². The molecule has 3 nitrogen and oxygen atoms in total. The van der Waals surface area contributed by atoms with Gasteiger partial charge in [0.05, 0.1) is 0 Å². The molecule has 0 bridgehead atoms. The third-order valence-electron chi connectivity index (χ3n) is 1.58. The van der Waals surface area contributed by atoms with Gasteiger partial charge in [-0.2, -0.15) is 0 Å². The number of benzene rings is 1. The van der Waals surface area contributed by atoms with Gasteiger partial charge in [0.25, 0.3) is 0 Å². The number of amides is 1. The van der Waals surface area contributed by atoms with Gasteiger partial charge in [0.2, 0.25) is 0 Å². The summed E-state index contributed by atoms with van der Waals surface area (Å²) in [5.74, 6) is 0. The van der Waals surface area contributed by atoms with E-state index in [4.69, 9.17) is 9.90 Å². The summed E-state index contributed by atoms with van der Waals surface area (Å²) in [4.78, 5) is 10.1. The Kier molecular flexibility index (Phi) is 4.37. The van der Waals surface area contributed by atoms with Gasteiger partial charge in [-0.3, -0.25) is 0 Å². The molecular weight excluding hydrogens is 210 g/mol. The van der Waals surface area contributed by atoms with E-state index in [2.05, 4.69) is 47.5 Å². The van der Waals surface area contributed by atoms with Crippen molar-refractivity contribution in [1.82, 2.24) is 0 Å². The van der Waals surface area contributed by atoms with Crippen LogP contribution >= 0.6 is 11.3 Å². The first kappa shape index (κ1) is 11.3. The van der Waals surface area contributed by atoms with Crippen LogP contribution < -0.4 is 5.73 Å². The minimum absolute atomic E-state index is 1.31. The zero-order valence-corrected chi connectivity index (χ0v) is 8.78. The fourth-order valence-corrected chi connectivity index (χ4v) is 1.78. The quantitative estimate of drug-likeness (QED) is 0.777. The van der Waals surface area contributed by atoms with E-state index in [1.165, 1.54) is 10.4 Å². The minimum Gasteiger partial charge on any atom is -0.465 e. The maximum Gasteiger partial charge on any atom is 0.402 e. The molecule has 0 aliphatic rings. The highest BCUT2D eigenvalue weighted by Gasteiger charge is 1.93. The lowest BCUT2D eigenvalue weighted by Gasteiger charge is -1.93. The highest BCUT2D eigenvalue weighted by atomic mass is 32.1. The van der Waals surface area contributed by atoms with Gasteiger partial charge in [-0.1, -0.05) is 36.4 Å². The number of carbonyl (C=O) groups is 1. The molecule has 0 aliphatic heterocycles. The molecule has 3 N–H and O–H groups in total. The maximum atomic E-state index is 8.78. The molecule has 1 heterocycles. The van der Waals surface area contributed by atoms with E-state index in [0.717, 1.165) is 0 Å². The first-order valence-electron chi connectivity index (χ1n) is 4.27. The summed E-state index contributed by atoms with van der Waals surface area (Å²) in [6, 6.07) is 14.6. The minimum atomic E-state index is -1.33. The fourth-order valence-electron chi connectivity index (χ4n) is 1.05. The number of nitrogens with two attached hydrogens (primary N) is 1. The Morgan fingerprint density at radius 1 is 1.13 bits per heavy atom. The summed E-state index contributed by atoms with van der Waals surface area (Å²) >= 11 is 1.78.